The molecular weight excluding hydrogens is 272 g/mol. The van der Waals surface area contributed by atoms with Gasteiger partial charge in [0.15, 0.2) is 11.5 Å². The first kappa shape index (κ1) is 10.4. The fourth-order valence-electron chi connectivity index (χ4n) is 2.44. The van der Waals surface area contributed by atoms with Crippen LogP contribution >= 0.6 is 15.9 Å². The van der Waals surface area contributed by atoms with E-state index in [2.05, 4.69) is 15.9 Å². The van der Waals surface area contributed by atoms with Gasteiger partial charge in [-0.3, -0.25) is 0 Å². The number of aliphatic hydroxyl groups excluding tert-OH is 1. The summed E-state index contributed by atoms with van der Waals surface area (Å²) in [5.74, 6) is 1.49. The van der Waals surface area contributed by atoms with Gasteiger partial charge >= 0.3 is 0 Å². The first-order valence-electron chi connectivity index (χ1n) is 5.56. The second kappa shape index (κ2) is 3.93. The molecule has 1 aliphatic heterocycles. The van der Waals surface area contributed by atoms with E-state index >= 15 is 0 Å². The van der Waals surface area contributed by atoms with Crippen molar-refractivity contribution in [3.8, 4) is 11.5 Å². The van der Waals surface area contributed by atoms with E-state index in [-0.39, 0.29) is 0 Å². The molecule has 86 valence electrons. The number of aliphatic hydroxyl groups is 1. The Hall–Kier alpha value is -0.740. The van der Waals surface area contributed by atoms with Crippen molar-refractivity contribution in [2.75, 3.05) is 13.2 Å². The smallest absolute Gasteiger partial charge is 0.167 e. The Bertz CT molecular complexity index is 431. The molecule has 3 nitrogen and oxygen atoms in total. The van der Waals surface area contributed by atoms with Crippen LogP contribution in [0.3, 0.4) is 0 Å². The Balaban J connectivity index is 2.21. The van der Waals surface area contributed by atoms with Crippen LogP contribution in [0.15, 0.2) is 10.5 Å². The normalized spacial score (nSPS) is 22.8. The highest BCUT2D eigenvalue weighted by atomic mass is 79.9. The molecule has 0 radical (unpaired) electrons. The highest BCUT2D eigenvalue weighted by molar-refractivity contribution is 9.10. The van der Waals surface area contributed by atoms with Crippen LogP contribution in [-0.4, -0.2) is 18.3 Å². The SMILES string of the molecule is O[C@H]1CCCc2c(Br)cc3c(c21)OCCO3. The van der Waals surface area contributed by atoms with Crippen molar-refractivity contribution >= 4 is 15.9 Å². The summed E-state index contributed by atoms with van der Waals surface area (Å²) in [4.78, 5) is 0. The number of hydrogen-bond donors (Lipinski definition) is 1. The first-order valence-corrected chi connectivity index (χ1v) is 6.35. The highest BCUT2D eigenvalue weighted by Gasteiger charge is 2.28. The zero-order chi connectivity index (χ0) is 11.1. The molecule has 4 heteroatoms. The van der Waals surface area contributed by atoms with Gasteiger partial charge in [-0.25, -0.2) is 0 Å². The van der Waals surface area contributed by atoms with Crippen LogP contribution in [0.5, 0.6) is 11.5 Å². The van der Waals surface area contributed by atoms with Crippen molar-refractivity contribution in [2.45, 2.75) is 25.4 Å². The molecule has 16 heavy (non-hydrogen) atoms. The molecule has 0 aromatic heterocycles. The molecule has 1 heterocycles. The van der Waals surface area contributed by atoms with Crippen LogP contribution in [0.25, 0.3) is 0 Å². The number of ether oxygens (including phenoxy) is 2. The van der Waals surface area contributed by atoms with E-state index in [0.29, 0.717) is 13.2 Å². The van der Waals surface area contributed by atoms with E-state index in [1.807, 2.05) is 6.07 Å². The summed E-state index contributed by atoms with van der Waals surface area (Å²) in [6, 6.07) is 1.95. The van der Waals surface area contributed by atoms with Gasteiger partial charge in [0.1, 0.15) is 13.2 Å². The standard InChI is InChI=1S/C12H13BrO3/c13-8-6-10-12(16-5-4-15-10)11-7(8)2-1-3-9(11)14/h6,9,14H,1-5H2/t9-/m0/s1. The average molecular weight is 285 g/mol. The average Bonchev–Trinajstić information content (AvgIpc) is 2.30. The minimum absolute atomic E-state index is 0.420. The largest absolute Gasteiger partial charge is 0.486 e. The van der Waals surface area contributed by atoms with Gasteiger partial charge in [0.2, 0.25) is 0 Å². The van der Waals surface area contributed by atoms with Gasteiger partial charge in [-0.1, -0.05) is 15.9 Å². The van der Waals surface area contributed by atoms with Gasteiger partial charge in [-0.15, -0.1) is 0 Å². The predicted molar refractivity (Wildman–Crippen MR) is 63.0 cm³/mol. The molecule has 2 aliphatic rings. The zero-order valence-electron chi connectivity index (χ0n) is 8.83. The summed E-state index contributed by atoms with van der Waals surface area (Å²) < 4.78 is 12.2. The molecule has 1 aromatic rings. The Morgan fingerprint density at radius 3 is 3.00 bits per heavy atom. The summed E-state index contributed by atoms with van der Waals surface area (Å²) in [7, 11) is 0. The lowest BCUT2D eigenvalue weighted by Crippen LogP contribution is -2.20. The third kappa shape index (κ3) is 1.52. The van der Waals surface area contributed by atoms with Crippen molar-refractivity contribution in [1.82, 2.24) is 0 Å². The van der Waals surface area contributed by atoms with Crippen molar-refractivity contribution in [3.05, 3.63) is 21.7 Å². The molecular formula is C12H13BrO3. The number of fused-ring (bicyclic) bond motifs is 3. The second-order valence-electron chi connectivity index (χ2n) is 4.18. The molecule has 0 saturated carbocycles. The topological polar surface area (TPSA) is 38.7 Å². The van der Waals surface area contributed by atoms with Crippen LogP contribution in [0.2, 0.25) is 0 Å². The van der Waals surface area contributed by atoms with Gasteiger partial charge in [-0.2, -0.15) is 0 Å². The maximum absolute atomic E-state index is 10.1. The quantitative estimate of drug-likeness (QED) is 0.796. The lowest BCUT2D eigenvalue weighted by Gasteiger charge is -2.29. The van der Waals surface area contributed by atoms with Crippen LogP contribution in [-0.2, 0) is 6.42 Å². The third-order valence-corrected chi connectivity index (χ3v) is 3.87. The van der Waals surface area contributed by atoms with Gasteiger partial charge in [0.25, 0.3) is 0 Å². The van der Waals surface area contributed by atoms with Gasteiger partial charge in [0.05, 0.1) is 6.10 Å². The molecule has 0 amide bonds. The Labute approximate surface area is 102 Å². The van der Waals surface area contributed by atoms with Crippen LogP contribution in [0, 0.1) is 0 Å². The molecule has 1 aliphatic carbocycles. The van der Waals surface area contributed by atoms with Crippen molar-refractivity contribution in [1.29, 1.82) is 0 Å². The van der Waals surface area contributed by atoms with E-state index in [1.165, 1.54) is 5.56 Å². The highest BCUT2D eigenvalue weighted by Crippen LogP contribution is 2.46. The van der Waals surface area contributed by atoms with Crippen molar-refractivity contribution < 1.29 is 14.6 Å². The zero-order valence-corrected chi connectivity index (χ0v) is 10.4. The number of halogens is 1. The maximum atomic E-state index is 10.1. The molecule has 0 spiro atoms. The number of rotatable bonds is 0. The monoisotopic (exact) mass is 284 g/mol. The van der Waals surface area contributed by atoms with Crippen molar-refractivity contribution in [2.24, 2.45) is 0 Å². The molecule has 3 rings (SSSR count). The summed E-state index contributed by atoms with van der Waals surface area (Å²) >= 11 is 3.54. The number of hydrogen-bond acceptors (Lipinski definition) is 3. The molecule has 0 fully saturated rings. The third-order valence-electron chi connectivity index (χ3n) is 3.16. The molecule has 1 aromatic carbocycles. The van der Waals surface area contributed by atoms with E-state index < -0.39 is 6.10 Å². The summed E-state index contributed by atoms with van der Waals surface area (Å²) in [6.07, 6.45) is 2.40. The van der Waals surface area contributed by atoms with E-state index in [9.17, 15) is 5.11 Å². The molecule has 1 atom stereocenters. The fourth-order valence-corrected chi connectivity index (χ4v) is 3.06. The number of benzene rings is 1. The van der Waals surface area contributed by atoms with Crippen LogP contribution in [0.1, 0.15) is 30.1 Å². The minimum Gasteiger partial charge on any atom is -0.486 e. The van der Waals surface area contributed by atoms with Gasteiger partial charge in [-0.05, 0) is 30.9 Å². The molecule has 0 saturated heterocycles. The molecule has 0 bridgehead atoms. The van der Waals surface area contributed by atoms with E-state index in [1.54, 1.807) is 0 Å². The predicted octanol–water partition coefficient (Wildman–Crippen LogP) is 2.59. The summed E-state index contributed by atoms with van der Waals surface area (Å²) in [5, 5.41) is 10.1. The molecule has 0 unspecified atom stereocenters. The lowest BCUT2D eigenvalue weighted by molar-refractivity contribution is 0.133. The second-order valence-corrected chi connectivity index (χ2v) is 5.04. The minimum atomic E-state index is -0.420. The van der Waals surface area contributed by atoms with Gasteiger partial charge in [0, 0.05) is 10.0 Å². The lowest BCUT2D eigenvalue weighted by atomic mass is 9.88. The van der Waals surface area contributed by atoms with Crippen LogP contribution < -0.4 is 9.47 Å². The fraction of sp³-hybridized carbons (Fsp3) is 0.500. The Kier molecular flexibility index (Phi) is 2.56. The molecule has 1 N–H and O–H groups in total. The Morgan fingerprint density at radius 1 is 1.31 bits per heavy atom. The first-order chi connectivity index (χ1) is 7.77. The van der Waals surface area contributed by atoms with E-state index in [0.717, 1.165) is 40.8 Å². The summed E-state index contributed by atoms with van der Waals surface area (Å²) in [6.45, 7) is 1.14. The van der Waals surface area contributed by atoms with E-state index in [4.69, 9.17) is 9.47 Å². The van der Waals surface area contributed by atoms with Gasteiger partial charge < -0.3 is 14.6 Å². The van der Waals surface area contributed by atoms with Crippen LogP contribution in [0.4, 0.5) is 0 Å². The summed E-state index contributed by atoms with van der Waals surface area (Å²) in [5.41, 5.74) is 2.10. The van der Waals surface area contributed by atoms with Crippen molar-refractivity contribution in [3.63, 3.8) is 0 Å². The maximum Gasteiger partial charge on any atom is 0.167 e. The Morgan fingerprint density at radius 2 is 2.12 bits per heavy atom.